The Balaban J connectivity index is 0.000000396. The fourth-order valence-electron chi connectivity index (χ4n) is 3.02. The van der Waals surface area contributed by atoms with Gasteiger partial charge in [-0.25, -0.2) is 9.18 Å². The van der Waals surface area contributed by atoms with Gasteiger partial charge in [-0.2, -0.15) is 18.4 Å². The Hall–Kier alpha value is -2.97. The molecule has 0 unspecified atom stereocenters. The van der Waals surface area contributed by atoms with Crippen molar-refractivity contribution in [2.75, 3.05) is 19.6 Å². The molecule has 0 spiro atoms. The molecular formula is C19H20F4N4O3. The Morgan fingerprint density at radius 1 is 1.27 bits per heavy atom. The standard InChI is InChI=1S/C17H19FN4O.C2HF3O2/c18-14-11-21(6-5-15(14)20)7-8-22-16-9-12(10-19)1-2-13(16)3-4-17(22)23;3-2(4,5)1(6)7/h1-4,9,14-15H,5-8,11,20H2;(H,6,7)/t14-,15+;/m1./s1. The molecule has 0 aliphatic carbocycles. The summed E-state index contributed by atoms with van der Waals surface area (Å²) in [5.41, 5.74) is 6.83. The van der Waals surface area contributed by atoms with Crippen molar-refractivity contribution in [3.05, 3.63) is 46.2 Å². The summed E-state index contributed by atoms with van der Waals surface area (Å²) >= 11 is 0. The highest BCUT2D eigenvalue weighted by atomic mass is 19.4. The van der Waals surface area contributed by atoms with Gasteiger partial charge in [0.1, 0.15) is 6.17 Å². The lowest BCUT2D eigenvalue weighted by Gasteiger charge is -2.32. The Morgan fingerprint density at radius 2 is 1.90 bits per heavy atom. The molecule has 0 radical (unpaired) electrons. The van der Waals surface area contributed by atoms with Crippen molar-refractivity contribution in [1.29, 1.82) is 5.26 Å². The van der Waals surface area contributed by atoms with Crippen LogP contribution < -0.4 is 11.3 Å². The Kier molecular flexibility index (Phi) is 7.53. The van der Waals surface area contributed by atoms with E-state index in [1.54, 1.807) is 22.8 Å². The number of halogens is 4. The summed E-state index contributed by atoms with van der Waals surface area (Å²) in [4.78, 5) is 23.1. The number of rotatable bonds is 3. The van der Waals surface area contributed by atoms with Crippen molar-refractivity contribution >= 4 is 16.9 Å². The fraction of sp³-hybridized carbons (Fsp3) is 0.421. The number of carboxylic acids is 1. The minimum Gasteiger partial charge on any atom is -0.475 e. The van der Waals surface area contributed by atoms with Crippen LogP contribution in [0.25, 0.3) is 10.9 Å². The van der Waals surface area contributed by atoms with E-state index >= 15 is 0 Å². The average Bonchev–Trinajstić information content (AvgIpc) is 2.69. The molecule has 0 bridgehead atoms. The van der Waals surface area contributed by atoms with Gasteiger partial charge in [-0.1, -0.05) is 6.07 Å². The first-order chi connectivity index (χ1) is 14.0. The summed E-state index contributed by atoms with van der Waals surface area (Å²) in [6, 6.07) is 10.3. The first kappa shape index (κ1) is 23.3. The van der Waals surface area contributed by atoms with Crippen LogP contribution in [0.4, 0.5) is 17.6 Å². The monoisotopic (exact) mass is 428 g/mol. The number of pyridine rings is 1. The third-order valence-electron chi connectivity index (χ3n) is 4.68. The number of piperidine rings is 1. The average molecular weight is 428 g/mol. The molecule has 162 valence electrons. The van der Waals surface area contributed by atoms with Crippen LogP contribution in [-0.4, -0.2) is 58.6 Å². The number of nitrogens with two attached hydrogens (primary N) is 1. The van der Waals surface area contributed by atoms with Crippen LogP contribution in [0.15, 0.2) is 35.1 Å². The number of fused-ring (bicyclic) bond motifs is 1. The van der Waals surface area contributed by atoms with E-state index in [0.29, 0.717) is 31.6 Å². The van der Waals surface area contributed by atoms with E-state index in [2.05, 4.69) is 6.07 Å². The first-order valence-corrected chi connectivity index (χ1v) is 8.98. The maximum Gasteiger partial charge on any atom is 0.490 e. The van der Waals surface area contributed by atoms with Gasteiger partial charge < -0.3 is 15.4 Å². The SMILES string of the molecule is N#Cc1ccc2ccc(=O)n(CCN3CC[C@H](N)[C@H](F)C3)c2c1.O=C(O)C(F)(F)F. The lowest BCUT2D eigenvalue weighted by Crippen LogP contribution is -2.49. The number of aromatic nitrogens is 1. The number of carbonyl (C=O) groups is 1. The summed E-state index contributed by atoms with van der Waals surface area (Å²) in [6.45, 7) is 2.10. The van der Waals surface area contributed by atoms with Gasteiger partial charge >= 0.3 is 12.1 Å². The maximum absolute atomic E-state index is 13.7. The molecule has 1 fully saturated rings. The summed E-state index contributed by atoms with van der Waals surface area (Å²) < 4.78 is 47.1. The quantitative estimate of drug-likeness (QED) is 0.722. The van der Waals surface area contributed by atoms with E-state index in [4.69, 9.17) is 20.9 Å². The fourth-order valence-corrected chi connectivity index (χ4v) is 3.02. The van der Waals surface area contributed by atoms with Crippen LogP contribution in [0.1, 0.15) is 12.0 Å². The van der Waals surface area contributed by atoms with Crippen molar-refractivity contribution in [2.45, 2.75) is 31.4 Å². The highest BCUT2D eigenvalue weighted by Crippen LogP contribution is 2.16. The largest absolute Gasteiger partial charge is 0.490 e. The zero-order chi connectivity index (χ0) is 22.5. The second-order valence-corrected chi connectivity index (χ2v) is 6.78. The minimum atomic E-state index is -5.08. The summed E-state index contributed by atoms with van der Waals surface area (Å²) in [5, 5.41) is 17.1. The molecule has 2 heterocycles. The maximum atomic E-state index is 13.7. The van der Waals surface area contributed by atoms with Crippen LogP contribution in [0.3, 0.4) is 0 Å². The van der Waals surface area contributed by atoms with Gasteiger partial charge in [0.25, 0.3) is 5.56 Å². The highest BCUT2D eigenvalue weighted by molar-refractivity contribution is 5.80. The molecule has 1 aromatic heterocycles. The van der Waals surface area contributed by atoms with E-state index in [0.717, 1.165) is 17.4 Å². The zero-order valence-corrected chi connectivity index (χ0v) is 15.8. The predicted octanol–water partition coefficient (Wildman–Crippen LogP) is 1.88. The van der Waals surface area contributed by atoms with Crippen LogP contribution in [0.5, 0.6) is 0 Å². The molecular weight excluding hydrogens is 408 g/mol. The predicted molar refractivity (Wildman–Crippen MR) is 101 cm³/mol. The summed E-state index contributed by atoms with van der Waals surface area (Å²) in [6.07, 6.45) is -5.47. The summed E-state index contributed by atoms with van der Waals surface area (Å²) in [7, 11) is 0. The van der Waals surface area contributed by atoms with E-state index < -0.39 is 18.3 Å². The Labute approximate surface area is 168 Å². The topological polar surface area (TPSA) is 112 Å². The Bertz CT molecular complexity index is 1000. The van der Waals surface area contributed by atoms with Gasteiger partial charge in [0.05, 0.1) is 17.1 Å². The van der Waals surface area contributed by atoms with Crippen molar-refractivity contribution in [1.82, 2.24) is 9.47 Å². The highest BCUT2D eigenvalue weighted by Gasteiger charge is 2.38. The van der Waals surface area contributed by atoms with E-state index in [1.165, 1.54) is 6.07 Å². The van der Waals surface area contributed by atoms with Crippen LogP contribution >= 0.6 is 0 Å². The normalized spacial score (nSPS) is 19.6. The molecule has 2 aromatic rings. The summed E-state index contributed by atoms with van der Waals surface area (Å²) in [5.74, 6) is -2.76. The third kappa shape index (κ3) is 6.01. The molecule has 30 heavy (non-hydrogen) atoms. The van der Waals surface area contributed by atoms with Crippen molar-refractivity contribution in [3.63, 3.8) is 0 Å². The van der Waals surface area contributed by atoms with Gasteiger partial charge in [0.15, 0.2) is 0 Å². The smallest absolute Gasteiger partial charge is 0.475 e. The number of nitrogens with zero attached hydrogens (tertiary/aromatic N) is 3. The lowest BCUT2D eigenvalue weighted by molar-refractivity contribution is -0.192. The first-order valence-electron chi connectivity index (χ1n) is 8.98. The molecule has 3 rings (SSSR count). The molecule has 11 heteroatoms. The third-order valence-corrected chi connectivity index (χ3v) is 4.68. The molecule has 1 aromatic carbocycles. The molecule has 2 atom stereocenters. The molecule has 1 aliphatic heterocycles. The number of alkyl halides is 4. The molecule has 1 aliphatic rings. The number of carboxylic acid groups (broad SMARTS) is 1. The molecule has 0 amide bonds. The van der Waals surface area contributed by atoms with Crippen molar-refractivity contribution in [3.8, 4) is 6.07 Å². The van der Waals surface area contributed by atoms with Gasteiger partial charge in [0, 0.05) is 31.7 Å². The number of hydrogen-bond donors (Lipinski definition) is 2. The van der Waals surface area contributed by atoms with E-state index in [-0.39, 0.29) is 11.6 Å². The zero-order valence-electron chi connectivity index (χ0n) is 15.8. The molecule has 3 N–H and O–H groups in total. The second kappa shape index (κ2) is 9.69. The molecule has 7 nitrogen and oxygen atoms in total. The lowest BCUT2D eigenvalue weighted by atomic mass is 10.0. The van der Waals surface area contributed by atoms with Crippen molar-refractivity contribution in [2.24, 2.45) is 5.73 Å². The van der Waals surface area contributed by atoms with Gasteiger partial charge in [0.2, 0.25) is 0 Å². The number of benzene rings is 1. The second-order valence-electron chi connectivity index (χ2n) is 6.78. The van der Waals surface area contributed by atoms with Gasteiger partial charge in [-0.15, -0.1) is 0 Å². The minimum absolute atomic E-state index is 0.113. The van der Waals surface area contributed by atoms with Crippen molar-refractivity contribution < 1.29 is 27.5 Å². The van der Waals surface area contributed by atoms with Gasteiger partial charge in [-0.05, 0) is 36.6 Å². The molecule has 0 saturated carbocycles. The van der Waals surface area contributed by atoms with Crippen LogP contribution in [0.2, 0.25) is 0 Å². The number of hydrogen-bond acceptors (Lipinski definition) is 5. The number of nitriles is 1. The number of likely N-dealkylation sites (tertiary alicyclic amines) is 1. The van der Waals surface area contributed by atoms with E-state index in [9.17, 15) is 22.4 Å². The van der Waals surface area contributed by atoms with Crippen LogP contribution in [-0.2, 0) is 11.3 Å². The Morgan fingerprint density at radius 3 is 2.47 bits per heavy atom. The number of aliphatic carboxylic acids is 1. The van der Waals surface area contributed by atoms with Gasteiger partial charge in [-0.3, -0.25) is 9.69 Å². The molecule has 1 saturated heterocycles. The van der Waals surface area contributed by atoms with E-state index in [1.807, 2.05) is 11.0 Å². The van der Waals surface area contributed by atoms with Crippen LogP contribution in [0, 0.1) is 11.3 Å².